The second-order valence-electron chi connectivity index (χ2n) is 8.01. The summed E-state index contributed by atoms with van der Waals surface area (Å²) in [5, 5.41) is 19.8. The zero-order valence-corrected chi connectivity index (χ0v) is 16.4. The number of aromatic carboxylic acids is 1. The molecule has 0 amide bonds. The standard InChI is InChI=1S/C21H25N3O4/c1-23(2)10-11-9-15-12-5-4-6-14-18(13(12)7-8-16(15)24(11)3)22-20(26)17(19(14)25)21(27)28/h7-8,11H,4-6,9-10H2,1-3H3,(H,27,28)(H2,22,25,26). The van der Waals surface area contributed by atoms with E-state index in [9.17, 15) is 19.8 Å². The number of likely N-dealkylation sites (N-methyl/N-ethyl adjacent to an activating group) is 2. The van der Waals surface area contributed by atoms with Gasteiger partial charge in [-0.05, 0) is 57.0 Å². The van der Waals surface area contributed by atoms with Gasteiger partial charge in [0.2, 0.25) is 0 Å². The summed E-state index contributed by atoms with van der Waals surface area (Å²) in [5.41, 5.74) is 4.34. The number of aromatic hydroxyl groups is 1. The molecule has 148 valence electrons. The molecule has 28 heavy (non-hydrogen) atoms. The molecule has 2 heterocycles. The lowest BCUT2D eigenvalue weighted by atomic mass is 9.93. The average Bonchev–Trinajstić information content (AvgIpc) is 2.81. The maximum atomic E-state index is 12.3. The molecule has 0 bridgehead atoms. The first-order valence-electron chi connectivity index (χ1n) is 9.53. The molecule has 2 aliphatic rings. The third-order valence-corrected chi connectivity index (χ3v) is 5.98. The predicted octanol–water partition coefficient (Wildman–Crippen LogP) is 1.86. The van der Waals surface area contributed by atoms with Gasteiger partial charge < -0.3 is 25.0 Å². The number of nitrogens with zero attached hydrogens (tertiary/aromatic N) is 2. The minimum Gasteiger partial charge on any atom is -0.506 e. The lowest BCUT2D eigenvalue weighted by molar-refractivity contribution is 0.0691. The van der Waals surface area contributed by atoms with E-state index < -0.39 is 22.8 Å². The number of carbonyl (C=O) groups is 1. The molecule has 0 radical (unpaired) electrons. The molecule has 2 aromatic rings. The van der Waals surface area contributed by atoms with E-state index in [-0.39, 0.29) is 0 Å². The lowest BCUT2D eigenvalue weighted by Gasteiger charge is -2.25. The summed E-state index contributed by atoms with van der Waals surface area (Å²) in [6.07, 6.45) is 3.08. The largest absolute Gasteiger partial charge is 0.506 e. The Morgan fingerprint density at radius 3 is 2.64 bits per heavy atom. The van der Waals surface area contributed by atoms with Crippen LogP contribution in [0.15, 0.2) is 16.9 Å². The van der Waals surface area contributed by atoms with E-state index in [1.54, 1.807) is 0 Å². The molecular weight excluding hydrogens is 358 g/mol. The highest BCUT2D eigenvalue weighted by Gasteiger charge is 2.32. The first-order chi connectivity index (χ1) is 13.3. The van der Waals surface area contributed by atoms with Crippen molar-refractivity contribution in [3.8, 4) is 17.0 Å². The number of rotatable bonds is 3. The van der Waals surface area contributed by atoms with Gasteiger partial charge in [-0.15, -0.1) is 0 Å². The maximum Gasteiger partial charge on any atom is 0.345 e. The predicted molar refractivity (Wildman–Crippen MR) is 108 cm³/mol. The highest BCUT2D eigenvalue weighted by molar-refractivity contribution is 5.92. The lowest BCUT2D eigenvalue weighted by Crippen LogP contribution is -2.37. The van der Waals surface area contributed by atoms with Gasteiger partial charge >= 0.3 is 5.97 Å². The number of carboxylic acids is 1. The van der Waals surface area contributed by atoms with Crippen LogP contribution in [-0.4, -0.2) is 59.8 Å². The van der Waals surface area contributed by atoms with Gasteiger partial charge in [0, 0.05) is 36.4 Å². The maximum absolute atomic E-state index is 12.3. The fourth-order valence-corrected chi connectivity index (χ4v) is 4.68. The monoisotopic (exact) mass is 383 g/mol. The van der Waals surface area contributed by atoms with Gasteiger partial charge in [0.15, 0.2) is 5.56 Å². The highest BCUT2D eigenvalue weighted by Crippen LogP contribution is 2.42. The second-order valence-corrected chi connectivity index (χ2v) is 8.01. The molecule has 0 saturated carbocycles. The van der Waals surface area contributed by atoms with Gasteiger partial charge in [-0.25, -0.2) is 4.79 Å². The molecule has 7 nitrogen and oxygen atoms in total. The number of hydrogen-bond acceptors (Lipinski definition) is 5. The number of H-pyrrole nitrogens is 1. The Morgan fingerprint density at radius 2 is 1.96 bits per heavy atom. The van der Waals surface area contributed by atoms with Crippen molar-refractivity contribution in [3.05, 3.63) is 44.7 Å². The van der Waals surface area contributed by atoms with E-state index in [1.165, 1.54) is 16.8 Å². The van der Waals surface area contributed by atoms with E-state index in [0.29, 0.717) is 23.7 Å². The van der Waals surface area contributed by atoms with Gasteiger partial charge in [0.1, 0.15) is 5.75 Å². The summed E-state index contributed by atoms with van der Waals surface area (Å²) >= 11 is 0. The molecule has 1 aliphatic heterocycles. The van der Waals surface area contributed by atoms with Crippen molar-refractivity contribution in [1.29, 1.82) is 0 Å². The zero-order valence-electron chi connectivity index (χ0n) is 16.4. The SMILES string of the molecule is CN(C)CC1Cc2c(ccc3c2CCCc2c-3[nH]c(=O)c(C(=O)O)c2O)N1C. The Kier molecular flexibility index (Phi) is 4.42. The van der Waals surface area contributed by atoms with Crippen LogP contribution in [0.1, 0.15) is 33.5 Å². The third-order valence-electron chi connectivity index (χ3n) is 5.98. The van der Waals surface area contributed by atoms with Crippen molar-refractivity contribution < 1.29 is 15.0 Å². The van der Waals surface area contributed by atoms with Crippen molar-refractivity contribution in [1.82, 2.24) is 9.88 Å². The van der Waals surface area contributed by atoms with Crippen LogP contribution in [0.3, 0.4) is 0 Å². The van der Waals surface area contributed by atoms with Gasteiger partial charge in [-0.1, -0.05) is 6.07 Å². The number of benzene rings is 1. The van der Waals surface area contributed by atoms with Crippen molar-refractivity contribution >= 4 is 11.7 Å². The minimum atomic E-state index is -1.41. The molecule has 4 rings (SSSR count). The summed E-state index contributed by atoms with van der Waals surface area (Å²) in [4.78, 5) is 30.9. The molecule has 1 aromatic heterocycles. The minimum absolute atomic E-state index is 0.390. The first kappa shape index (κ1) is 18.6. The number of nitrogens with one attached hydrogen (secondary N) is 1. The van der Waals surface area contributed by atoms with Crippen LogP contribution in [0.5, 0.6) is 5.75 Å². The fourth-order valence-electron chi connectivity index (χ4n) is 4.68. The molecule has 0 saturated heterocycles. The third kappa shape index (κ3) is 2.77. The van der Waals surface area contributed by atoms with Crippen LogP contribution < -0.4 is 10.5 Å². The number of aromatic amines is 1. The van der Waals surface area contributed by atoms with E-state index in [0.717, 1.165) is 31.4 Å². The van der Waals surface area contributed by atoms with Gasteiger partial charge in [0.25, 0.3) is 5.56 Å². The van der Waals surface area contributed by atoms with E-state index in [1.807, 2.05) is 6.07 Å². The molecule has 3 N–H and O–H groups in total. The van der Waals surface area contributed by atoms with Crippen LogP contribution in [0.4, 0.5) is 5.69 Å². The summed E-state index contributed by atoms with van der Waals surface area (Å²) in [5.74, 6) is -1.81. The molecule has 1 unspecified atom stereocenters. The van der Waals surface area contributed by atoms with Crippen molar-refractivity contribution in [2.45, 2.75) is 31.7 Å². The summed E-state index contributed by atoms with van der Waals surface area (Å²) in [7, 11) is 6.26. The van der Waals surface area contributed by atoms with E-state index in [2.05, 4.69) is 42.0 Å². The summed E-state index contributed by atoms with van der Waals surface area (Å²) in [6.45, 7) is 0.954. The zero-order chi connectivity index (χ0) is 20.2. The number of carboxylic acid groups (broad SMARTS) is 1. The molecule has 0 spiro atoms. The second kappa shape index (κ2) is 6.67. The summed E-state index contributed by atoms with van der Waals surface area (Å²) in [6, 6.07) is 4.45. The number of hydrogen-bond donors (Lipinski definition) is 3. The Morgan fingerprint density at radius 1 is 1.25 bits per heavy atom. The van der Waals surface area contributed by atoms with Crippen LogP contribution in [0.25, 0.3) is 11.3 Å². The molecule has 0 fully saturated rings. The Balaban J connectivity index is 1.88. The van der Waals surface area contributed by atoms with Crippen LogP contribution in [-0.2, 0) is 19.3 Å². The summed E-state index contributed by atoms with van der Waals surface area (Å²) < 4.78 is 0. The van der Waals surface area contributed by atoms with Gasteiger partial charge in [0.05, 0.1) is 5.69 Å². The van der Waals surface area contributed by atoms with Crippen LogP contribution >= 0.6 is 0 Å². The van der Waals surface area contributed by atoms with Crippen LogP contribution in [0, 0.1) is 0 Å². The highest BCUT2D eigenvalue weighted by atomic mass is 16.4. The molecule has 1 aromatic carbocycles. The van der Waals surface area contributed by atoms with Crippen molar-refractivity contribution in [2.75, 3.05) is 32.6 Å². The Hall–Kier alpha value is -2.80. The Labute approximate surface area is 163 Å². The first-order valence-corrected chi connectivity index (χ1v) is 9.53. The quantitative estimate of drug-likeness (QED) is 0.749. The molecule has 1 atom stereocenters. The van der Waals surface area contributed by atoms with Crippen molar-refractivity contribution in [3.63, 3.8) is 0 Å². The van der Waals surface area contributed by atoms with Gasteiger partial charge in [-0.3, -0.25) is 4.79 Å². The fraction of sp³-hybridized carbons (Fsp3) is 0.429. The van der Waals surface area contributed by atoms with E-state index in [4.69, 9.17) is 0 Å². The average molecular weight is 383 g/mol. The molecule has 7 heteroatoms. The number of fused-ring (bicyclic) bond motifs is 5. The number of anilines is 1. The molecular formula is C21H25N3O4. The number of aromatic nitrogens is 1. The van der Waals surface area contributed by atoms with Crippen molar-refractivity contribution in [2.24, 2.45) is 0 Å². The normalized spacial score (nSPS) is 17.9. The topological polar surface area (TPSA) is 96.9 Å². The Bertz CT molecular complexity index is 1030. The molecule has 1 aliphatic carbocycles. The van der Waals surface area contributed by atoms with Crippen LogP contribution in [0.2, 0.25) is 0 Å². The smallest absolute Gasteiger partial charge is 0.345 e. The number of pyridine rings is 1. The van der Waals surface area contributed by atoms with E-state index >= 15 is 0 Å². The van der Waals surface area contributed by atoms with Gasteiger partial charge in [-0.2, -0.15) is 0 Å².